The van der Waals surface area contributed by atoms with Gasteiger partial charge in [0.15, 0.2) is 5.76 Å². The van der Waals surface area contributed by atoms with Crippen LogP contribution >= 0.6 is 0 Å². The number of carbonyl (C=O) groups excluding carboxylic acids is 2. The molecule has 12 heteroatoms. The molecule has 5 heterocycles. The van der Waals surface area contributed by atoms with Crippen LogP contribution in [0.15, 0.2) is 144 Å². The van der Waals surface area contributed by atoms with Gasteiger partial charge in [0.2, 0.25) is 0 Å². The second-order valence-corrected chi connectivity index (χ2v) is 18.9. The normalized spacial score (nSPS) is 17.2. The number of aryl methyl sites for hydroxylation is 3. The van der Waals surface area contributed by atoms with Gasteiger partial charge >= 0.3 is 12.1 Å². The number of benzene rings is 6. The Morgan fingerprint density at radius 3 is 1.62 bits per heavy atom. The molecule has 71 heavy (non-hydrogen) atoms. The Labute approximate surface area is 415 Å². The first-order chi connectivity index (χ1) is 34.6. The number of hydrogen-bond donors (Lipinski definition) is 4. The van der Waals surface area contributed by atoms with Gasteiger partial charge in [-0.3, -0.25) is 0 Å². The van der Waals surface area contributed by atoms with Gasteiger partial charge < -0.3 is 35.6 Å². The number of amides is 4. The number of rotatable bonds is 9. The molecule has 3 atom stereocenters. The highest BCUT2D eigenvalue weighted by Gasteiger charge is 2.36. The van der Waals surface area contributed by atoms with Crippen LogP contribution in [0.3, 0.4) is 0 Å². The number of nitrogens with one attached hydrogen (secondary N) is 4. The lowest BCUT2D eigenvalue weighted by molar-refractivity contribution is 0.252. The van der Waals surface area contributed by atoms with E-state index in [-0.39, 0.29) is 41.5 Å². The number of urea groups is 2. The Balaban J connectivity index is 0.000000158. The van der Waals surface area contributed by atoms with Crippen molar-refractivity contribution in [1.29, 1.82) is 0 Å². The largest absolute Gasteiger partial charge is 0.371 e. The molecule has 7 aromatic rings. The molecule has 0 saturated heterocycles. The molecule has 0 spiro atoms. The van der Waals surface area contributed by atoms with Gasteiger partial charge in [-0.05, 0) is 140 Å². The first-order valence-electron chi connectivity index (χ1n) is 25.1. The molecule has 1 aromatic heterocycles. The van der Waals surface area contributed by atoms with Crippen molar-refractivity contribution in [2.45, 2.75) is 83.5 Å². The van der Waals surface area contributed by atoms with E-state index in [1.807, 2.05) is 19.1 Å². The molecule has 6 aromatic carbocycles. The summed E-state index contributed by atoms with van der Waals surface area (Å²) < 4.78 is 30.5. The Morgan fingerprint density at radius 2 is 1.10 bits per heavy atom. The minimum absolute atomic E-state index is 0.151. The maximum absolute atomic E-state index is 13.4. The molecule has 4 N–H and O–H groups in total. The number of carbonyl (C=O) groups is 2. The fourth-order valence-electron chi connectivity index (χ4n) is 10.7. The smallest absolute Gasteiger partial charge is 0.323 e. The van der Waals surface area contributed by atoms with Gasteiger partial charge in [0.05, 0.1) is 0 Å². The van der Waals surface area contributed by atoms with Crippen LogP contribution in [0.2, 0.25) is 0 Å². The third-order valence-electron chi connectivity index (χ3n) is 14.1. The highest BCUT2D eigenvalue weighted by atomic mass is 19.1. The Hall–Kier alpha value is -7.47. The quantitative estimate of drug-likeness (QED) is 0.107. The van der Waals surface area contributed by atoms with E-state index in [2.05, 4.69) is 128 Å². The van der Waals surface area contributed by atoms with Gasteiger partial charge in [-0.25, -0.2) is 18.4 Å². The van der Waals surface area contributed by atoms with Crippen molar-refractivity contribution in [1.82, 2.24) is 10.5 Å². The highest BCUT2D eigenvalue weighted by molar-refractivity contribution is 6.01. The van der Waals surface area contributed by atoms with Gasteiger partial charge in [0.25, 0.3) is 0 Å². The minimum Gasteiger partial charge on any atom is -0.371 e. The summed E-state index contributed by atoms with van der Waals surface area (Å²) in [6.45, 7) is 10.6. The topological polar surface area (TPSA) is 115 Å². The van der Waals surface area contributed by atoms with Crippen molar-refractivity contribution < 1.29 is 22.9 Å². The molecule has 0 bridgehead atoms. The zero-order valence-electron chi connectivity index (χ0n) is 40.8. The number of nitrogens with zero attached hydrogens (tertiary/aromatic N) is 3. The molecule has 4 aliphatic rings. The molecule has 4 aliphatic heterocycles. The molecule has 10 nitrogen and oxygen atoms in total. The van der Waals surface area contributed by atoms with E-state index in [0.29, 0.717) is 23.7 Å². The van der Waals surface area contributed by atoms with Crippen LogP contribution in [-0.2, 0) is 6.42 Å². The molecule has 11 rings (SSSR count). The first kappa shape index (κ1) is 48.5. The van der Waals surface area contributed by atoms with Gasteiger partial charge in [-0.15, -0.1) is 0 Å². The molecule has 0 fully saturated rings. The predicted octanol–water partition coefficient (Wildman–Crippen LogP) is 13.7. The molecular formula is C59H63F2N7O3. The van der Waals surface area contributed by atoms with Crippen LogP contribution in [0.1, 0.15) is 114 Å². The van der Waals surface area contributed by atoms with Crippen molar-refractivity contribution in [3.05, 3.63) is 202 Å². The number of halogens is 2. The SMILES string of the molecule is CCCCNC(=O)Nc1cc2c3c(c1)C(c1ccc(F)cc1)CCN3CCC2.Cc1noc(C)c1NC(=O)Nc1cc2c3c(c1)C(c1ccccc1)CCN3CCC2c1ccccc1.Fc1ccccc1. The van der Waals surface area contributed by atoms with Crippen LogP contribution in [0, 0.1) is 25.5 Å². The van der Waals surface area contributed by atoms with E-state index >= 15 is 0 Å². The maximum atomic E-state index is 13.4. The van der Waals surface area contributed by atoms with Gasteiger partial charge in [0.1, 0.15) is 23.0 Å². The summed E-state index contributed by atoms with van der Waals surface area (Å²) >= 11 is 0. The van der Waals surface area contributed by atoms with E-state index < -0.39 is 0 Å². The van der Waals surface area contributed by atoms with Crippen LogP contribution in [0.5, 0.6) is 0 Å². The summed E-state index contributed by atoms with van der Waals surface area (Å²) in [6.07, 6.45) is 7.32. The lowest BCUT2D eigenvalue weighted by atomic mass is 9.76. The highest BCUT2D eigenvalue weighted by Crippen LogP contribution is 2.50. The minimum atomic E-state index is -0.299. The Bertz CT molecular complexity index is 2820. The predicted molar refractivity (Wildman–Crippen MR) is 281 cm³/mol. The van der Waals surface area contributed by atoms with Crippen molar-refractivity contribution >= 4 is 40.5 Å². The molecular weight excluding hydrogens is 893 g/mol. The van der Waals surface area contributed by atoms with Crippen LogP contribution in [0.25, 0.3) is 0 Å². The van der Waals surface area contributed by atoms with E-state index in [4.69, 9.17) is 4.52 Å². The summed E-state index contributed by atoms with van der Waals surface area (Å²) in [7, 11) is 0. The summed E-state index contributed by atoms with van der Waals surface area (Å²) in [5.41, 5.74) is 14.5. The lowest BCUT2D eigenvalue weighted by Gasteiger charge is -2.43. The Morgan fingerprint density at radius 1 is 0.606 bits per heavy atom. The molecule has 366 valence electrons. The summed E-state index contributed by atoms with van der Waals surface area (Å²) in [4.78, 5) is 30.3. The third-order valence-corrected chi connectivity index (χ3v) is 14.1. The van der Waals surface area contributed by atoms with Crippen LogP contribution in [-0.4, -0.2) is 49.9 Å². The summed E-state index contributed by atoms with van der Waals surface area (Å²) in [5.74, 6) is 1.02. The zero-order valence-corrected chi connectivity index (χ0v) is 40.8. The fraction of sp³-hybridized carbons (Fsp3) is 0.305. The Kier molecular flexibility index (Phi) is 15.4. The third kappa shape index (κ3) is 11.4. The molecule has 3 unspecified atom stereocenters. The number of hydrogen-bond acceptors (Lipinski definition) is 6. The van der Waals surface area contributed by atoms with Gasteiger partial charge in [0, 0.05) is 73.2 Å². The number of anilines is 5. The van der Waals surface area contributed by atoms with E-state index in [1.54, 1.807) is 25.1 Å². The van der Waals surface area contributed by atoms with Crippen molar-refractivity contribution in [2.24, 2.45) is 0 Å². The summed E-state index contributed by atoms with van der Waals surface area (Å²) in [6, 6.07) is 44.4. The number of aromatic nitrogens is 1. The average molecular weight is 956 g/mol. The molecule has 0 saturated carbocycles. The average Bonchev–Trinajstić information content (AvgIpc) is 3.70. The zero-order chi connectivity index (χ0) is 49.3. The lowest BCUT2D eigenvalue weighted by Crippen LogP contribution is -2.37. The maximum Gasteiger partial charge on any atom is 0.323 e. The number of unbranched alkanes of at least 4 members (excludes halogenated alkanes) is 1. The monoisotopic (exact) mass is 955 g/mol. The second kappa shape index (κ2) is 22.5. The van der Waals surface area contributed by atoms with Gasteiger partial charge in [-0.1, -0.05) is 109 Å². The standard InChI is InChI=1S/C30H30N4O2.C23H28FN3O.C6H5F/c1-19-28(20(2)36-33-19)32-30(35)31-23-17-26-24(21-9-5-3-6-10-21)13-15-34-16-14-25(27(18-23)29(26)34)22-11-7-4-8-12-22;1-2-3-11-25-23(28)26-19-14-17-5-4-12-27-13-10-20(21(15-19)22(17)27)16-6-8-18(24)9-7-16;7-6-4-2-1-3-5-6/h3-12,17-18,24-25H,13-16H2,1-2H3,(H2,31,32,35);6-9,14-15,20H,2-5,10-13H2,1H3,(H2,25,26,28);1-5H. The summed E-state index contributed by atoms with van der Waals surface area (Å²) in [5, 5.41) is 15.9. The molecule has 0 aliphatic carbocycles. The van der Waals surface area contributed by atoms with Crippen molar-refractivity contribution in [2.75, 3.05) is 58.5 Å². The van der Waals surface area contributed by atoms with E-state index in [9.17, 15) is 18.4 Å². The van der Waals surface area contributed by atoms with Gasteiger partial charge in [-0.2, -0.15) is 0 Å². The first-order valence-corrected chi connectivity index (χ1v) is 25.1. The molecule has 4 amide bonds. The van der Waals surface area contributed by atoms with Crippen molar-refractivity contribution in [3.8, 4) is 0 Å². The second-order valence-electron chi connectivity index (χ2n) is 18.9. The van der Waals surface area contributed by atoms with Crippen LogP contribution < -0.4 is 31.1 Å². The van der Waals surface area contributed by atoms with E-state index in [1.165, 1.54) is 69.0 Å². The fourth-order valence-corrected chi connectivity index (χ4v) is 10.7. The van der Waals surface area contributed by atoms with Crippen molar-refractivity contribution in [3.63, 3.8) is 0 Å². The van der Waals surface area contributed by atoms with Crippen LogP contribution in [0.4, 0.5) is 46.8 Å². The van der Waals surface area contributed by atoms with E-state index in [0.717, 1.165) is 88.1 Å². The molecule has 0 radical (unpaired) electrons.